The van der Waals surface area contributed by atoms with Gasteiger partial charge in [-0.25, -0.2) is 4.52 Å². The third-order valence-corrected chi connectivity index (χ3v) is 7.00. The van der Waals surface area contributed by atoms with Crippen LogP contribution in [-0.4, -0.2) is 39.4 Å². The van der Waals surface area contributed by atoms with Crippen LogP contribution in [0.3, 0.4) is 0 Å². The molecule has 6 rings (SSSR count). The zero-order valence-corrected chi connectivity index (χ0v) is 16.1. The Morgan fingerprint density at radius 3 is 2.83 bits per heavy atom. The Labute approximate surface area is 168 Å². The summed E-state index contributed by atoms with van der Waals surface area (Å²) in [6, 6.07) is 11.8. The van der Waals surface area contributed by atoms with E-state index in [1.165, 1.54) is 19.3 Å². The first kappa shape index (κ1) is 16.8. The molecule has 6 heteroatoms. The maximum absolute atomic E-state index is 13.2. The van der Waals surface area contributed by atoms with Crippen molar-refractivity contribution in [2.75, 3.05) is 13.1 Å². The molecule has 146 valence electrons. The highest BCUT2D eigenvalue weighted by molar-refractivity contribution is 6.01. The first-order chi connectivity index (χ1) is 14.1. The molecule has 1 spiro atoms. The van der Waals surface area contributed by atoms with Gasteiger partial charge in [-0.3, -0.25) is 9.59 Å². The number of fused-ring (bicyclic) bond motifs is 2. The summed E-state index contributed by atoms with van der Waals surface area (Å²) in [5.41, 5.74) is 5.37. The molecule has 2 aliphatic heterocycles. The molecule has 0 bridgehead atoms. The van der Waals surface area contributed by atoms with Gasteiger partial charge in [-0.2, -0.15) is 5.10 Å². The fourth-order valence-corrected chi connectivity index (χ4v) is 5.13. The van der Waals surface area contributed by atoms with E-state index >= 15 is 0 Å². The van der Waals surface area contributed by atoms with Crippen LogP contribution in [0.15, 0.2) is 42.6 Å². The molecule has 29 heavy (non-hydrogen) atoms. The van der Waals surface area contributed by atoms with E-state index in [0.29, 0.717) is 23.1 Å². The molecule has 1 N–H and O–H groups in total. The number of aromatic nitrogens is 2. The molecule has 2 amide bonds. The Morgan fingerprint density at radius 1 is 1.14 bits per heavy atom. The van der Waals surface area contributed by atoms with Gasteiger partial charge in [-0.15, -0.1) is 0 Å². The summed E-state index contributed by atoms with van der Waals surface area (Å²) in [5, 5.41) is 7.39. The lowest BCUT2D eigenvalue weighted by Crippen LogP contribution is -2.35. The molecule has 1 aromatic carbocycles. The van der Waals surface area contributed by atoms with Crippen molar-refractivity contribution in [3.63, 3.8) is 0 Å². The summed E-state index contributed by atoms with van der Waals surface area (Å²) in [6.07, 6.45) is 6.61. The van der Waals surface area contributed by atoms with Gasteiger partial charge >= 0.3 is 0 Å². The molecule has 6 nitrogen and oxygen atoms in total. The maximum Gasteiger partial charge on any atom is 0.257 e. The van der Waals surface area contributed by atoms with Crippen LogP contribution in [0.25, 0.3) is 16.8 Å². The molecule has 2 fully saturated rings. The molecule has 3 aliphatic rings. The zero-order chi connectivity index (χ0) is 19.6. The number of pyridine rings is 1. The lowest BCUT2D eigenvalue weighted by molar-refractivity contribution is 0.0734. The van der Waals surface area contributed by atoms with Crippen molar-refractivity contribution in [3.8, 4) is 11.3 Å². The maximum atomic E-state index is 13.2. The number of carbonyl (C=O) groups excluding carboxylic acids is 2. The monoisotopic (exact) mass is 386 g/mol. The van der Waals surface area contributed by atoms with Crippen molar-refractivity contribution in [1.29, 1.82) is 0 Å². The van der Waals surface area contributed by atoms with E-state index in [0.717, 1.165) is 41.8 Å². The number of nitrogens with one attached hydrogen (secondary N) is 1. The standard InChI is InChI=1S/C23H22N4O2/c28-21-17-11-15(5-6-16(17)12-24-21)19-3-1-4-20-18(13-25-27(19)20)22(29)26-10-9-23(14-26)7-2-8-23/h1,3-6,11,13H,2,7-10,12,14H2,(H,24,28). The third-order valence-electron chi connectivity index (χ3n) is 7.00. The summed E-state index contributed by atoms with van der Waals surface area (Å²) in [4.78, 5) is 27.3. The third kappa shape index (κ3) is 2.44. The lowest BCUT2D eigenvalue weighted by atomic mass is 9.68. The largest absolute Gasteiger partial charge is 0.348 e. The summed E-state index contributed by atoms with van der Waals surface area (Å²) < 4.78 is 1.82. The fraction of sp³-hybridized carbons (Fsp3) is 0.348. The Hall–Kier alpha value is -3.15. The van der Waals surface area contributed by atoms with Crippen LogP contribution in [0.1, 0.15) is 52.0 Å². The van der Waals surface area contributed by atoms with E-state index in [2.05, 4.69) is 10.4 Å². The first-order valence-corrected chi connectivity index (χ1v) is 10.3. The van der Waals surface area contributed by atoms with Crippen molar-refractivity contribution in [3.05, 3.63) is 59.3 Å². The van der Waals surface area contributed by atoms with Crippen molar-refractivity contribution >= 4 is 17.3 Å². The second kappa shape index (κ2) is 5.92. The Balaban J connectivity index is 1.38. The van der Waals surface area contributed by atoms with Gasteiger partial charge in [0.1, 0.15) is 0 Å². The molecule has 1 saturated heterocycles. The van der Waals surface area contributed by atoms with E-state index in [-0.39, 0.29) is 11.8 Å². The summed E-state index contributed by atoms with van der Waals surface area (Å²) in [5.74, 6) is 0.0403. The van der Waals surface area contributed by atoms with Crippen LogP contribution in [0.5, 0.6) is 0 Å². The molecule has 4 heterocycles. The number of likely N-dealkylation sites (tertiary alicyclic amines) is 1. The van der Waals surface area contributed by atoms with Crippen molar-refractivity contribution < 1.29 is 9.59 Å². The number of hydrogen-bond acceptors (Lipinski definition) is 3. The quantitative estimate of drug-likeness (QED) is 0.735. The van der Waals surface area contributed by atoms with E-state index in [1.807, 2.05) is 45.8 Å². The Bertz CT molecular complexity index is 1170. The number of hydrogen-bond donors (Lipinski definition) is 1. The van der Waals surface area contributed by atoms with Gasteiger partial charge in [0.05, 0.1) is 23.0 Å². The van der Waals surface area contributed by atoms with Gasteiger partial charge in [0.2, 0.25) is 0 Å². The number of amides is 2. The average molecular weight is 386 g/mol. The summed E-state index contributed by atoms with van der Waals surface area (Å²) in [7, 11) is 0. The van der Waals surface area contributed by atoms with Gasteiger partial charge in [-0.1, -0.05) is 24.6 Å². The van der Waals surface area contributed by atoms with Crippen molar-refractivity contribution in [2.45, 2.75) is 32.2 Å². The Kier molecular flexibility index (Phi) is 3.43. The van der Waals surface area contributed by atoms with Crippen LogP contribution in [0.4, 0.5) is 0 Å². The molecule has 1 aliphatic carbocycles. The highest BCUT2D eigenvalue weighted by Crippen LogP contribution is 2.48. The summed E-state index contributed by atoms with van der Waals surface area (Å²) in [6.45, 7) is 2.30. The van der Waals surface area contributed by atoms with Gasteiger partial charge in [0.15, 0.2) is 0 Å². The second-order valence-corrected chi connectivity index (χ2v) is 8.65. The molecule has 0 radical (unpaired) electrons. The van der Waals surface area contributed by atoms with E-state index in [1.54, 1.807) is 6.20 Å². The van der Waals surface area contributed by atoms with Crippen molar-refractivity contribution in [1.82, 2.24) is 19.8 Å². The van der Waals surface area contributed by atoms with Gasteiger partial charge in [0.25, 0.3) is 11.8 Å². The second-order valence-electron chi connectivity index (χ2n) is 8.65. The highest BCUT2D eigenvalue weighted by atomic mass is 16.2. The van der Waals surface area contributed by atoms with Crippen LogP contribution >= 0.6 is 0 Å². The smallest absolute Gasteiger partial charge is 0.257 e. The zero-order valence-electron chi connectivity index (χ0n) is 16.1. The minimum absolute atomic E-state index is 0.0377. The molecule has 1 saturated carbocycles. The predicted octanol–water partition coefficient (Wildman–Crippen LogP) is 3.26. The highest BCUT2D eigenvalue weighted by Gasteiger charge is 2.44. The normalized spacial score (nSPS) is 19.4. The first-order valence-electron chi connectivity index (χ1n) is 10.3. The molecule has 3 aromatic rings. The Morgan fingerprint density at radius 2 is 2.03 bits per heavy atom. The minimum Gasteiger partial charge on any atom is -0.348 e. The van der Waals surface area contributed by atoms with Crippen LogP contribution in [-0.2, 0) is 6.54 Å². The number of benzene rings is 1. The number of nitrogens with zero attached hydrogens (tertiary/aromatic N) is 3. The van der Waals surface area contributed by atoms with E-state index in [4.69, 9.17) is 0 Å². The number of rotatable bonds is 2. The van der Waals surface area contributed by atoms with Gasteiger partial charge in [0, 0.05) is 30.8 Å². The SMILES string of the molecule is O=C1NCc2ccc(-c3cccc4c(C(=O)N5CCC6(CCC6)C5)cnn34)cc21. The number of carbonyl (C=O) groups is 2. The topological polar surface area (TPSA) is 66.7 Å². The average Bonchev–Trinajstić information content (AvgIpc) is 3.43. The van der Waals surface area contributed by atoms with Crippen molar-refractivity contribution in [2.24, 2.45) is 5.41 Å². The van der Waals surface area contributed by atoms with Gasteiger partial charge < -0.3 is 10.2 Å². The summed E-state index contributed by atoms with van der Waals surface area (Å²) >= 11 is 0. The molecular weight excluding hydrogens is 364 g/mol. The minimum atomic E-state index is -0.0377. The van der Waals surface area contributed by atoms with Crippen LogP contribution < -0.4 is 5.32 Å². The van der Waals surface area contributed by atoms with Crippen LogP contribution in [0.2, 0.25) is 0 Å². The van der Waals surface area contributed by atoms with E-state index in [9.17, 15) is 9.59 Å². The lowest BCUT2D eigenvalue weighted by Gasteiger charge is -2.37. The molecule has 0 atom stereocenters. The fourth-order valence-electron chi connectivity index (χ4n) is 5.13. The van der Waals surface area contributed by atoms with Gasteiger partial charge in [-0.05, 0) is 48.4 Å². The van der Waals surface area contributed by atoms with Crippen LogP contribution in [0, 0.1) is 5.41 Å². The molecule has 2 aromatic heterocycles. The molecule has 0 unspecified atom stereocenters. The predicted molar refractivity (Wildman–Crippen MR) is 109 cm³/mol. The molecular formula is C23H22N4O2. The van der Waals surface area contributed by atoms with E-state index < -0.39 is 0 Å².